The van der Waals surface area contributed by atoms with E-state index in [-0.39, 0.29) is 30.4 Å². The summed E-state index contributed by atoms with van der Waals surface area (Å²) in [4.78, 5) is 4.04. The number of aromatic nitrogens is 2. The Bertz CT molecular complexity index is 575. The van der Waals surface area contributed by atoms with Gasteiger partial charge < -0.3 is 20.1 Å². The summed E-state index contributed by atoms with van der Waals surface area (Å²) < 4.78 is 33.4. The van der Waals surface area contributed by atoms with Gasteiger partial charge in [0.2, 0.25) is 0 Å². The molecule has 0 atom stereocenters. The molecule has 0 aliphatic carbocycles. The van der Waals surface area contributed by atoms with Crippen molar-refractivity contribution in [3.05, 3.63) is 24.0 Å². The Morgan fingerprint density at radius 3 is 2.95 bits per heavy atom. The lowest BCUT2D eigenvalue weighted by atomic mass is 10.2. The summed E-state index contributed by atoms with van der Waals surface area (Å²) in [6.07, 6.45) is -2.26. The van der Waals surface area contributed by atoms with Gasteiger partial charge in [0.1, 0.15) is 6.61 Å². The zero-order chi connectivity index (χ0) is 14.5. The van der Waals surface area contributed by atoms with Crippen molar-refractivity contribution >= 4 is 5.69 Å². The first-order valence-electron chi connectivity index (χ1n) is 5.84. The first-order valence-corrected chi connectivity index (χ1v) is 5.84. The van der Waals surface area contributed by atoms with E-state index in [1.165, 1.54) is 6.07 Å². The van der Waals surface area contributed by atoms with Crippen LogP contribution in [-0.2, 0) is 11.2 Å². The number of phenolic OH excluding ortho intramolecular Hbond substituents is 1. The normalized spacial score (nSPS) is 11.2. The Kier molecular flexibility index (Phi) is 4.46. The third-order valence-corrected chi connectivity index (χ3v) is 2.48. The minimum atomic E-state index is -2.50. The van der Waals surface area contributed by atoms with Gasteiger partial charge in [-0.25, -0.2) is 8.78 Å². The molecule has 108 valence electrons. The number of nitrogens with zero attached hydrogens (tertiary/aromatic N) is 2. The molecule has 0 fully saturated rings. The number of nitrogens with two attached hydrogens (primary N) is 1. The number of nitrogen functional groups attached to an aromatic ring is 1. The molecule has 0 aliphatic rings. The van der Waals surface area contributed by atoms with Gasteiger partial charge in [-0.1, -0.05) is 11.2 Å². The van der Waals surface area contributed by atoms with Gasteiger partial charge in [-0.3, -0.25) is 0 Å². The molecule has 2 aromatic rings. The third-order valence-electron chi connectivity index (χ3n) is 2.48. The van der Waals surface area contributed by atoms with Crippen LogP contribution in [0.5, 0.6) is 5.75 Å². The predicted molar refractivity (Wildman–Crippen MR) is 66.3 cm³/mol. The molecule has 0 saturated carbocycles. The molecule has 0 spiro atoms. The van der Waals surface area contributed by atoms with Crippen LogP contribution in [0.3, 0.4) is 0 Å². The Morgan fingerprint density at radius 1 is 1.40 bits per heavy atom. The van der Waals surface area contributed by atoms with E-state index in [1.807, 2.05) is 0 Å². The molecular formula is C12H13F2N3O3. The van der Waals surface area contributed by atoms with Crippen LogP contribution < -0.4 is 5.73 Å². The van der Waals surface area contributed by atoms with Crippen molar-refractivity contribution in [2.45, 2.75) is 12.8 Å². The lowest BCUT2D eigenvalue weighted by molar-refractivity contribution is 0.0182. The van der Waals surface area contributed by atoms with Gasteiger partial charge in [-0.05, 0) is 12.1 Å². The van der Waals surface area contributed by atoms with Crippen molar-refractivity contribution in [1.82, 2.24) is 10.1 Å². The van der Waals surface area contributed by atoms with Crippen molar-refractivity contribution < 1.29 is 23.1 Å². The van der Waals surface area contributed by atoms with Crippen LogP contribution in [0.2, 0.25) is 0 Å². The highest BCUT2D eigenvalue weighted by Gasteiger charge is 2.14. The van der Waals surface area contributed by atoms with E-state index >= 15 is 0 Å². The number of anilines is 1. The van der Waals surface area contributed by atoms with Crippen LogP contribution in [0.25, 0.3) is 11.5 Å². The monoisotopic (exact) mass is 285 g/mol. The summed E-state index contributed by atoms with van der Waals surface area (Å²) in [6, 6.07) is 4.75. The van der Waals surface area contributed by atoms with Crippen LogP contribution in [0.1, 0.15) is 5.82 Å². The number of benzene rings is 1. The number of rotatable bonds is 6. The van der Waals surface area contributed by atoms with Crippen molar-refractivity contribution in [3.63, 3.8) is 0 Å². The van der Waals surface area contributed by atoms with Crippen molar-refractivity contribution in [2.24, 2.45) is 0 Å². The number of halogens is 2. The minimum absolute atomic E-state index is 0.0617. The van der Waals surface area contributed by atoms with Gasteiger partial charge in [-0.2, -0.15) is 4.98 Å². The van der Waals surface area contributed by atoms with E-state index in [9.17, 15) is 13.9 Å². The van der Waals surface area contributed by atoms with Crippen LogP contribution in [0, 0.1) is 0 Å². The first-order chi connectivity index (χ1) is 9.58. The van der Waals surface area contributed by atoms with Crippen molar-refractivity contribution in [1.29, 1.82) is 0 Å². The maximum absolute atomic E-state index is 11.9. The molecule has 0 saturated heterocycles. The fourth-order valence-corrected chi connectivity index (χ4v) is 1.53. The highest BCUT2D eigenvalue weighted by atomic mass is 19.3. The van der Waals surface area contributed by atoms with E-state index in [1.54, 1.807) is 12.1 Å². The number of hydrogen-bond donors (Lipinski definition) is 2. The summed E-state index contributed by atoms with van der Waals surface area (Å²) in [5, 5.41) is 13.4. The molecule has 0 aliphatic heterocycles. The summed E-state index contributed by atoms with van der Waals surface area (Å²) in [6.45, 7) is -0.563. The molecule has 0 amide bonds. The number of hydrogen-bond acceptors (Lipinski definition) is 6. The SMILES string of the molecule is Nc1cccc(-c2nc(CCOCC(F)F)no2)c1O. The summed E-state index contributed by atoms with van der Waals surface area (Å²) in [5.41, 5.74) is 6.07. The molecule has 1 heterocycles. The molecule has 1 aromatic carbocycles. The number of para-hydroxylation sites is 1. The lowest BCUT2D eigenvalue weighted by Crippen LogP contribution is -2.07. The van der Waals surface area contributed by atoms with Crippen molar-refractivity contribution in [3.8, 4) is 17.2 Å². The second-order valence-corrected chi connectivity index (χ2v) is 3.98. The Labute approximate surface area is 113 Å². The fourth-order valence-electron chi connectivity index (χ4n) is 1.53. The molecule has 0 bridgehead atoms. The molecule has 0 radical (unpaired) electrons. The van der Waals surface area contributed by atoms with E-state index in [0.29, 0.717) is 11.4 Å². The molecule has 2 rings (SSSR count). The molecule has 6 nitrogen and oxygen atoms in total. The van der Waals surface area contributed by atoms with Crippen molar-refractivity contribution in [2.75, 3.05) is 18.9 Å². The van der Waals surface area contributed by atoms with Crippen LogP contribution in [-0.4, -0.2) is 34.9 Å². The zero-order valence-corrected chi connectivity index (χ0v) is 10.4. The molecular weight excluding hydrogens is 272 g/mol. The maximum Gasteiger partial charge on any atom is 0.261 e. The first kappa shape index (κ1) is 14.2. The van der Waals surface area contributed by atoms with Crippen LogP contribution in [0.4, 0.5) is 14.5 Å². The Hall–Kier alpha value is -2.22. The van der Waals surface area contributed by atoms with Crippen LogP contribution in [0.15, 0.2) is 22.7 Å². The summed E-state index contributed by atoms with van der Waals surface area (Å²) in [7, 11) is 0. The summed E-state index contributed by atoms with van der Waals surface area (Å²) >= 11 is 0. The second-order valence-electron chi connectivity index (χ2n) is 3.98. The molecule has 8 heteroatoms. The predicted octanol–water partition coefficient (Wildman–Crippen LogP) is 1.85. The average Bonchev–Trinajstić information content (AvgIpc) is 2.86. The largest absolute Gasteiger partial charge is 0.505 e. The second kappa shape index (κ2) is 6.29. The number of ether oxygens (including phenoxy) is 1. The summed E-state index contributed by atoms with van der Waals surface area (Å²) in [5.74, 6) is 0.270. The molecule has 1 aromatic heterocycles. The van der Waals surface area contributed by atoms with E-state index in [0.717, 1.165) is 0 Å². The Balaban J connectivity index is 2.00. The topological polar surface area (TPSA) is 94.4 Å². The van der Waals surface area contributed by atoms with Gasteiger partial charge >= 0.3 is 0 Å². The maximum atomic E-state index is 11.9. The molecule has 20 heavy (non-hydrogen) atoms. The average molecular weight is 285 g/mol. The lowest BCUT2D eigenvalue weighted by Gasteiger charge is -2.01. The van der Waals surface area contributed by atoms with E-state index < -0.39 is 13.0 Å². The smallest absolute Gasteiger partial charge is 0.261 e. The third kappa shape index (κ3) is 3.41. The quantitative estimate of drug-likeness (QED) is 0.478. The Morgan fingerprint density at radius 2 is 2.20 bits per heavy atom. The zero-order valence-electron chi connectivity index (χ0n) is 10.4. The number of alkyl halides is 2. The van der Waals surface area contributed by atoms with Gasteiger partial charge in [0, 0.05) is 6.42 Å². The standard InChI is InChI=1S/C12H13F2N3O3/c13-9(14)6-19-5-4-10-16-12(20-17-10)7-2-1-3-8(15)11(7)18/h1-3,9,18H,4-6,15H2. The van der Waals surface area contributed by atoms with Gasteiger partial charge in [0.15, 0.2) is 11.6 Å². The van der Waals surface area contributed by atoms with Gasteiger partial charge in [-0.15, -0.1) is 0 Å². The van der Waals surface area contributed by atoms with E-state index in [4.69, 9.17) is 15.0 Å². The minimum Gasteiger partial charge on any atom is -0.505 e. The van der Waals surface area contributed by atoms with Crippen LogP contribution >= 0.6 is 0 Å². The molecule has 3 N–H and O–H groups in total. The number of phenols is 1. The highest BCUT2D eigenvalue weighted by Crippen LogP contribution is 2.32. The molecule has 0 unspecified atom stereocenters. The fraction of sp³-hybridized carbons (Fsp3) is 0.333. The van der Waals surface area contributed by atoms with E-state index in [2.05, 4.69) is 10.1 Å². The highest BCUT2D eigenvalue weighted by molar-refractivity contribution is 5.71. The van der Waals surface area contributed by atoms with Gasteiger partial charge in [0.25, 0.3) is 12.3 Å². The van der Waals surface area contributed by atoms with Gasteiger partial charge in [0.05, 0.1) is 17.9 Å². The number of aromatic hydroxyl groups is 1.